The van der Waals surface area contributed by atoms with Gasteiger partial charge < -0.3 is 9.88 Å². The Balaban J connectivity index is 1.62. The lowest BCUT2D eigenvalue weighted by molar-refractivity contribution is -0.116. The number of hydrogen-bond acceptors (Lipinski definition) is 3. The van der Waals surface area contributed by atoms with Gasteiger partial charge in [-0.25, -0.2) is 4.98 Å². The standard InChI is InChI=1S/C26H20Cl2N4O2/c1-16-10-11-22-18(12-16)24-25(32(22)14-23(33)30-21-9-5-4-8-20(21)28)26(34)31(15-29-24)13-17-6-2-3-7-19(17)27/h2-12,15H,13-14H2,1H3,(H,30,33). The van der Waals surface area contributed by atoms with Gasteiger partial charge in [-0.15, -0.1) is 0 Å². The van der Waals surface area contributed by atoms with Crippen LogP contribution in [0.5, 0.6) is 0 Å². The number of anilines is 1. The van der Waals surface area contributed by atoms with Crippen LogP contribution in [0.1, 0.15) is 11.1 Å². The van der Waals surface area contributed by atoms with Crippen LogP contribution in [-0.2, 0) is 17.9 Å². The Bertz CT molecular complexity index is 1620. The van der Waals surface area contributed by atoms with Crippen LogP contribution in [0.25, 0.3) is 21.9 Å². The zero-order chi connectivity index (χ0) is 23.8. The van der Waals surface area contributed by atoms with E-state index in [0.717, 1.165) is 22.0 Å². The molecule has 0 spiro atoms. The molecule has 2 heterocycles. The summed E-state index contributed by atoms with van der Waals surface area (Å²) >= 11 is 12.5. The summed E-state index contributed by atoms with van der Waals surface area (Å²) in [6, 6.07) is 20.2. The molecule has 0 unspecified atom stereocenters. The third-order valence-corrected chi connectivity index (χ3v) is 6.43. The zero-order valence-corrected chi connectivity index (χ0v) is 19.8. The van der Waals surface area contributed by atoms with Crippen LogP contribution in [0, 0.1) is 6.92 Å². The smallest absolute Gasteiger partial charge is 0.278 e. The number of carbonyl (C=O) groups excluding carboxylic acids is 1. The molecule has 0 aliphatic rings. The first kappa shape index (κ1) is 22.2. The average molecular weight is 491 g/mol. The van der Waals surface area contributed by atoms with Crippen LogP contribution < -0.4 is 10.9 Å². The number of aryl methyl sites for hydroxylation is 1. The van der Waals surface area contributed by atoms with Gasteiger partial charge in [-0.05, 0) is 42.8 Å². The highest BCUT2D eigenvalue weighted by Crippen LogP contribution is 2.27. The van der Waals surface area contributed by atoms with Gasteiger partial charge in [-0.1, -0.05) is 65.2 Å². The van der Waals surface area contributed by atoms with Crippen molar-refractivity contribution < 1.29 is 4.79 Å². The van der Waals surface area contributed by atoms with Gasteiger partial charge in [0.05, 0.1) is 29.1 Å². The number of para-hydroxylation sites is 1. The predicted octanol–water partition coefficient (Wildman–Crippen LogP) is 5.65. The van der Waals surface area contributed by atoms with Crippen LogP contribution in [-0.4, -0.2) is 20.0 Å². The maximum Gasteiger partial charge on any atom is 0.278 e. The highest BCUT2D eigenvalue weighted by molar-refractivity contribution is 6.33. The molecule has 0 aliphatic heterocycles. The van der Waals surface area contributed by atoms with Gasteiger partial charge in [0.1, 0.15) is 17.6 Å². The van der Waals surface area contributed by atoms with Crippen molar-refractivity contribution in [2.75, 3.05) is 5.32 Å². The summed E-state index contributed by atoms with van der Waals surface area (Å²) in [5, 5.41) is 4.67. The van der Waals surface area contributed by atoms with Crippen molar-refractivity contribution in [2.24, 2.45) is 0 Å². The molecule has 1 N–H and O–H groups in total. The molecular formula is C26H20Cl2N4O2. The van der Waals surface area contributed by atoms with Crippen LogP contribution in [0.4, 0.5) is 5.69 Å². The number of rotatable bonds is 5. The van der Waals surface area contributed by atoms with E-state index in [0.29, 0.717) is 26.8 Å². The number of amides is 1. The second-order valence-electron chi connectivity index (χ2n) is 8.10. The number of hydrogen-bond donors (Lipinski definition) is 1. The molecule has 8 heteroatoms. The summed E-state index contributed by atoms with van der Waals surface area (Å²) in [7, 11) is 0. The minimum atomic E-state index is -0.298. The third kappa shape index (κ3) is 4.06. The van der Waals surface area contributed by atoms with Gasteiger partial charge >= 0.3 is 0 Å². The Kier molecular flexibility index (Phi) is 5.86. The van der Waals surface area contributed by atoms with E-state index in [4.69, 9.17) is 23.2 Å². The topological polar surface area (TPSA) is 68.9 Å². The van der Waals surface area contributed by atoms with E-state index >= 15 is 0 Å². The maximum absolute atomic E-state index is 13.6. The van der Waals surface area contributed by atoms with Crippen LogP contribution >= 0.6 is 23.2 Å². The van der Waals surface area contributed by atoms with Crippen molar-refractivity contribution >= 4 is 56.7 Å². The molecule has 3 aromatic carbocycles. The van der Waals surface area contributed by atoms with E-state index in [1.165, 1.54) is 10.9 Å². The molecule has 5 rings (SSSR count). The van der Waals surface area contributed by atoms with Crippen LogP contribution in [0.15, 0.2) is 77.9 Å². The molecule has 170 valence electrons. The number of aromatic nitrogens is 3. The lowest BCUT2D eigenvalue weighted by Crippen LogP contribution is -2.25. The zero-order valence-electron chi connectivity index (χ0n) is 18.3. The van der Waals surface area contributed by atoms with Gasteiger partial charge in [0.25, 0.3) is 5.56 Å². The van der Waals surface area contributed by atoms with E-state index in [2.05, 4.69) is 10.3 Å². The number of carbonyl (C=O) groups is 1. The minimum Gasteiger partial charge on any atom is -0.325 e. The van der Waals surface area contributed by atoms with Gasteiger partial charge in [0.2, 0.25) is 5.91 Å². The molecule has 2 aromatic heterocycles. The molecule has 0 aliphatic carbocycles. The van der Waals surface area contributed by atoms with Crippen molar-refractivity contribution in [1.29, 1.82) is 0 Å². The Hall–Kier alpha value is -3.61. The summed E-state index contributed by atoms with van der Waals surface area (Å²) in [4.78, 5) is 31.2. The largest absolute Gasteiger partial charge is 0.325 e. The quantitative estimate of drug-likeness (QED) is 0.345. The first-order chi connectivity index (χ1) is 16.4. The monoisotopic (exact) mass is 490 g/mol. The van der Waals surface area contributed by atoms with Gasteiger partial charge in [0.15, 0.2) is 0 Å². The number of fused-ring (bicyclic) bond motifs is 3. The normalized spacial score (nSPS) is 11.3. The fraction of sp³-hybridized carbons (Fsp3) is 0.115. The average Bonchev–Trinajstić information content (AvgIpc) is 3.11. The van der Waals surface area contributed by atoms with Crippen molar-refractivity contribution in [3.8, 4) is 0 Å². The van der Waals surface area contributed by atoms with Crippen molar-refractivity contribution in [3.05, 3.63) is 105 Å². The maximum atomic E-state index is 13.6. The Morgan fingerprint density at radius 2 is 1.74 bits per heavy atom. The Morgan fingerprint density at radius 1 is 1.00 bits per heavy atom. The highest BCUT2D eigenvalue weighted by Gasteiger charge is 2.19. The molecule has 1 amide bonds. The molecule has 5 aromatic rings. The number of nitrogens with zero attached hydrogens (tertiary/aromatic N) is 3. The second kappa shape index (κ2) is 8.97. The molecule has 0 radical (unpaired) electrons. The lowest BCUT2D eigenvalue weighted by atomic mass is 10.1. The summed E-state index contributed by atoms with van der Waals surface area (Å²) in [6.45, 7) is 2.18. The summed E-state index contributed by atoms with van der Waals surface area (Å²) in [5.74, 6) is -0.298. The molecule has 0 atom stereocenters. The molecule has 6 nitrogen and oxygen atoms in total. The van der Waals surface area contributed by atoms with Crippen LogP contribution in [0.2, 0.25) is 10.0 Å². The van der Waals surface area contributed by atoms with Crippen molar-refractivity contribution in [3.63, 3.8) is 0 Å². The molecular weight excluding hydrogens is 471 g/mol. The van der Waals surface area contributed by atoms with Gasteiger partial charge in [-0.3, -0.25) is 14.2 Å². The Morgan fingerprint density at radius 3 is 2.50 bits per heavy atom. The summed E-state index contributed by atoms with van der Waals surface area (Å²) < 4.78 is 3.23. The SMILES string of the molecule is Cc1ccc2c(c1)c1ncn(Cc3ccccc3Cl)c(=O)c1n2CC(=O)Nc1ccccc1Cl. The van der Waals surface area contributed by atoms with E-state index in [-0.39, 0.29) is 24.6 Å². The summed E-state index contributed by atoms with van der Waals surface area (Å²) in [5.41, 5.74) is 3.80. The van der Waals surface area contributed by atoms with Crippen molar-refractivity contribution in [1.82, 2.24) is 14.1 Å². The molecule has 0 saturated carbocycles. The number of halogens is 2. The van der Waals surface area contributed by atoms with E-state index in [1.807, 2.05) is 43.3 Å². The van der Waals surface area contributed by atoms with E-state index < -0.39 is 0 Å². The third-order valence-electron chi connectivity index (χ3n) is 5.73. The highest BCUT2D eigenvalue weighted by atomic mass is 35.5. The van der Waals surface area contributed by atoms with Crippen LogP contribution in [0.3, 0.4) is 0 Å². The first-order valence-electron chi connectivity index (χ1n) is 10.7. The second-order valence-corrected chi connectivity index (χ2v) is 8.92. The van der Waals surface area contributed by atoms with E-state index in [9.17, 15) is 9.59 Å². The number of nitrogens with one attached hydrogen (secondary N) is 1. The molecule has 0 bridgehead atoms. The number of benzene rings is 3. The summed E-state index contributed by atoms with van der Waals surface area (Å²) in [6.07, 6.45) is 1.53. The lowest BCUT2D eigenvalue weighted by Gasteiger charge is -2.11. The van der Waals surface area contributed by atoms with Crippen molar-refractivity contribution in [2.45, 2.75) is 20.0 Å². The minimum absolute atomic E-state index is 0.0681. The molecule has 0 saturated heterocycles. The predicted molar refractivity (Wildman–Crippen MR) is 137 cm³/mol. The molecule has 0 fully saturated rings. The first-order valence-corrected chi connectivity index (χ1v) is 11.4. The fourth-order valence-corrected chi connectivity index (χ4v) is 4.48. The van der Waals surface area contributed by atoms with Gasteiger partial charge in [-0.2, -0.15) is 0 Å². The Labute approximate surface area is 205 Å². The molecule has 34 heavy (non-hydrogen) atoms. The fourth-order valence-electron chi connectivity index (χ4n) is 4.10. The van der Waals surface area contributed by atoms with E-state index in [1.54, 1.807) is 34.9 Å². The van der Waals surface area contributed by atoms with Gasteiger partial charge in [0, 0.05) is 10.4 Å².